The summed E-state index contributed by atoms with van der Waals surface area (Å²) in [5.41, 5.74) is 0.742. The molecule has 1 N–H and O–H groups in total. The van der Waals surface area contributed by atoms with Gasteiger partial charge in [-0.15, -0.1) is 0 Å². The number of piperidine rings is 1. The molecule has 0 aliphatic carbocycles. The smallest absolute Gasteiger partial charge is 0.126 e. The first-order chi connectivity index (χ1) is 9.01. The summed E-state index contributed by atoms with van der Waals surface area (Å²) >= 11 is 0. The Kier molecular flexibility index (Phi) is 4.53. The summed E-state index contributed by atoms with van der Waals surface area (Å²) < 4.78 is 26.8. The fraction of sp³-hybridized carbons (Fsp3) is 0.600. The zero-order chi connectivity index (χ0) is 14.0. The average molecular weight is 268 g/mol. The first-order valence-corrected chi connectivity index (χ1v) is 6.90. The number of nitrogens with one attached hydrogen (secondary N) is 1. The van der Waals surface area contributed by atoms with E-state index in [0.29, 0.717) is 12.1 Å². The summed E-state index contributed by atoms with van der Waals surface area (Å²) in [4.78, 5) is 2.32. The number of hydrogen-bond donors (Lipinski definition) is 1. The zero-order valence-electron chi connectivity index (χ0n) is 11.8. The summed E-state index contributed by atoms with van der Waals surface area (Å²) in [7, 11) is 1.94. The largest absolute Gasteiger partial charge is 0.317 e. The summed E-state index contributed by atoms with van der Waals surface area (Å²) in [6.07, 6.45) is 1.96. The fourth-order valence-corrected chi connectivity index (χ4v) is 2.96. The normalized spacial score (nSPS) is 24.9. The molecule has 0 saturated carbocycles. The van der Waals surface area contributed by atoms with Crippen LogP contribution in [0.3, 0.4) is 0 Å². The quantitative estimate of drug-likeness (QED) is 0.906. The van der Waals surface area contributed by atoms with Crippen molar-refractivity contribution in [3.8, 4) is 0 Å². The lowest BCUT2D eigenvalue weighted by Gasteiger charge is -2.42. The van der Waals surface area contributed by atoms with E-state index in [0.717, 1.165) is 31.0 Å². The van der Waals surface area contributed by atoms with E-state index in [4.69, 9.17) is 0 Å². The summed E-state index contributed by atoms with van der Waals surface area (Å²) in [5, 5.41) is 3.28. The van der Waals surface area contributed by atoms with Crippen molar-refractivity contribution < 1.29 is 8.78 Å². The minimum atomic E-state index is -0.495. The summed E-state index contributed by atoms with van der Waals surface area (Å²) in [6.45, 7) is 5.21. The van der Waals surface area contributed by atoms with Crippen LogP contribution in [-0.4, -0.2) is 30.6 Å². The van der Waals surface area contributed by atoms with Crippen molar-refractivity contribution in [2.24, 2.45) is 0 Å². The van der Waals surface area contributed by atoms with Crippen LogP contribution in [-0.2, 0) is 0 Å². The van der Waals surface area contributed by atoms with E-state index in [1.165, 1.54) is 12.1 Å². The van der Waals surface area contributed by atoms with Crippen molar-refractivity contribution in [1.29, 1.82) is 0 Å². The molecule has 1 saturated heterocycles. The van der Waals surface area contributed by atoms with E-state index in [9.17, 15) is 8.78 Å². The molecule has 2 rings (SSSR count). The minimum Gasteiger partial charge on any atom is -0.317 e. The Bertz CT molecular complexity index is 414. The third-order valence-corrected chi connectivity index (χ3v) is 3.99. The van der Waals surface area contributed by atoms with E-state index in [1.807, 2.05) is 7.05 Å². The van der Waals surface area contributed by atoms with Crippen LogP contribution in [0.15, 0.2) is 18.2 Å². The number of benzene rings is 1. The molecule has 106 valence electrons. The molecule has 1 aromatic carbocycles. The Labute approximate surface area is 113 Å². The molecule has 0 amide bonds. The Morgan fingerprint density at radius 2 is 1.84 bits per heavy atom. The second-order valence-corrected chi connectivity index (χ2v) is 5.56. The third kappa shape index (κ3) is 3.31. The molecule has 0 radical (unpaired) electrons. The van der Waals surface area contributed by atoms with Crippen molar-refractivity contribution in [3.05, 3.63) is 35.4 Å². The molecule has 1 aliphatic rings. The topological polar surface area (TPSA) is 15.3 Å². The van der Waals surface area contributed by atoms with Gasteiger partial charge in [-0.2, -0.15) is 0 Å². The van der Waals surface area contributed by atoms with Crippen LogP contribution >= 0.6 is 0 Å². The van der Waals surface area contributed by atoms with E-state index >= 15 is 0 Å². The van der Waals surface area contributed by atoms with Gasteiger partial charge < -0.3 is 5.32 Å². The van der Waals surface area contributed by atoms with Crippen LogP contribution in [0.4, 0.5) is 8.78 Å². The summed E-state index contributed by atoms with van der Waals surface area (Å²) in [6, 6.07) is 4.71. The van der Waals surface area contributed by atoms with Gasteiger partial charge in [0.15, 0.2) is 0 Å². The Balaban J connectivity index is 2.30. The third-order valence-electron chi connectivity index (χ3n) is 3.99. The molecule has 2 unspecified atom stereocenters. The standard InChI is InChI=1S/C15H22F2N2/c1-10(2)19-5-4-14(18-3)9-15(19)11-6-12(16)8-13(17)7-11/h6-8,10,14-15,18H,4-5,9H2,1-3H3. The number of rotatable bonds is 3. The SMILES string of the molecule is CNC1CCN(C(C)C)C(c2cc(F)cc(F)c2)C1. The Hall–Kier alpha value is -1.00. The predicted molar refractivity (Wildman–Crippen MR) is 73.0 cm³/mol. The summed E-state index contributed by atoms with van der Waals surface area (Å²) in [5.74, 6) is -0.990. The fourth-order valence-electron chi connectivity index (χ4n) is 2.96. The first-order valence-electron chi connectivity index (χ1n) is 6.90. The highest BCUT2D eigenvalue weighted by atomic mass is 19.1. The average Bonchev–Trinajstić information content (AvgIpc) is 2.36. The Morgan fingerprint density at radius 3 is 2.37 bits per heavy atom. The molecule has 2 atom stereocenters. The van der Waals surface area contributed by atoms with Crippen molar-refractivity contribution >= 4 is 0 Å². The lowest BCUT2D eigenvalue weighted by Crippen LogP contribution is -2.46. The number of likely N-dealkylation sites (tertiary alicyclic amines) is 1. The van der Waals surface area contributed by atoms with Crippen molar-refractivity contribution in [2.45, 2.75) is 44.8 Å². The molecule has 0 aromatic heterocycles. The highest BCUT2D eigenvalue weighted by Gasteiger charge is 2.30. The minimum absolute atomic E-state index is 0.0800. The second-order valence-electron chi connectivity index (χ2n) is 5.56. The van der Waals surface area contributed by atoms with Gasteiger partial charge >= 0.3 is 0 Å². The van der Waals surface area contributed by atoms with Gasteiger partial charge in [0.25, 0.3) is 0 Å². The molecule has 2 nitrogen and oxygen atoms in total. The van der Waals surface area contributed by atoms with E-state index in [1.54, 1.807) is 0 Å². The number of hydrogen-bond acceptors (Lipinski definition) is 2. The van der Waals surface area contributed by atoms with Gasteiger partial charge in [0, 0.05) is 30.7 Å². The van der Waals surface area contributed by atoms with Gasteiger partial charge in [-0.1, -0.05) is 0 Å². The number of nitrogens with zero attached hydrogens (tertiary/aromatic N) is 1. The molecule has 1 aromatic rings. The van der Waals surface area contributed by atoms with Crippen LogP contribution in [0.1, 0.15) is 38.3 Å². The molecule has 0 bridgehead atoms. The lowest BCUT2D eigenvalue weighted by molar-refractivity contribution is 0.0941. The molecule has 1 heterocycles. The monoisotopic (exact) mass is 268 g/mol. The van der Waals surface area contributed by atoms with Gasteiger partial charge in [-0.3, -0.25) is 4.90 Å². The molecular weight excluding hydrogens is 246 g/mol. The first kappa shape index (κ1) is 14.4. The maximum Gasteiger partial charge on any atom is 0.126 e. The van der Waals surface area contributed by atoms with Gasteiger partial charge in [-0.05, 0) is 51.4 Å². The van der Waals surface area contributed by atoms with Crippen molar-refractivity contribution in [3.63, 3.8) is 0 Å². The lowest BCUT2D eigenvalue weighted by atomic mass is 9.90. The number of halogens is 2. The zero-order valence-corrected chi connectivity index (χ0v) is 11.8. The van der Waals surface area contributed by atoms with Gasteiger partial charge in [-0.25, -0.2) is 8.78 Å². The molecule has 19 heavy (non-hydrogen) atoms. The molecule has 1 fully saturated rings. The van der Waals surface area contributed by atoms with Crippen LogP contribution in [0.5, 0.6) is 0 Å². The van der Waals surface area contributed by atoms with Crippen molar-refractivity contribution in [1.82, 2.24) is 10.2 Å². The van der Waals surface area contributed by atoms with Crippen LogP contribution in [0.25, 0.3) is 0 Å². The van der Waals surface area contributed by atoms with Crippen molar-refractivity contribution in [2.75, 3.05) is 13.6 Å². The van der Waals surface area contributed by atoms with Gasteiger partial charge in [0.2, 0.25) is 0 Å². The Morgan fingerprint density at radius 1 is 1.21 bits per heavy atom. The van der Waals surface area contributed by atoms with Gasteiger partial charge in [0.05, 0.1) is 0 Å². The van der Waals surface area contributed by atoms with Crippen LogP contribution in [0.2, 0.25) is 0 Å². The highest BCUT2D eigenvalue weighted by molar-refractivity contribution is 5.22. The van der Waals surface area contributed by atoms with E-state index < -0.39 is 11.6 Å². The molecule has 0 spiro atoms. The van der Waals surface area contributed by atoms with Crippen LogP contribution in [0, 0.1) is 11.6 Å². The molecule has 1 aliphatic heterocycles. The highest BCUT2D eigenvalue weighted by Crippen LogP contribution is 2.33. The molecular formula is C15H22F2N2. The maximum absolute atomic E-state index is 13.4. The van der Waals surface area contributed by atoms with E-state index in [2.05, 4.69) is 24.1 Å². The second kappa shape index (κ2) is 5.97. The van der Waals surface area contributed by atoms with Crippen LogP contribution < -0.4 is 5.32 Å². The predicted octanol–water partition coefficient (Wildman–Crippen LogP) is 3.10. The molecule has 4 heteroatoms. The maximum atomic E-state index is 13.4. The van der Waals surface area contributed by atoms with Gasteiger partial charge in [0.1, 0.15) is 11.6 Å². The van der Waals surface area contributed by atoms with E-state index in [-0.39, 0.29) is 6.04 Å².